The van der Waals surface area contributed by atoms with Crippen LogP contribution in [-0.4, -0.2) is 29.8 Å². The average molecular weight is 375 g/mol. The third kappa shape index (κ3) is 3.97. The van der Waals surface area contributed by atoms with Crippen LogP contribution in [-0.2, 0) is 4.79 Å². The molecule has 0 bridgehead atoms. The summed E-state index contributed by atoms with van der Waals surface area (Å²) < 4.78 is 15.8. The molecule has 1 aliphatic rings. The zero-order chi connectivity index (χ0) is 18.7. The molecule has 0 spiro atoms. The van der Waals surface area contributed by atoms with Crippen molar-refractivity contribution in [3.8, 4) is 17.2 Å². The topological polar surface area (TPSA) is 82.1 Å². The number of carboxylic acids is 1. The Bertz CT molecular complexity index is 872. The van der Waals surface area contributed by atoms with Crippen LogP contribution in [0.4, 0.5) is 0 Å². The van der Waals surface area contributed by atoms with Crippen LogP contribution in [0, 0.1) is 0 Å². The summed E-state index contributed by atoms with van der Waals surface area (Å²) >= 11 is 6.11. The number of benzene rings is 2. The Kier molecular flexibility index (Phi) is 5.14. The van der Waals surface area contributed by atoms with E-state index in [0.29, 0.717) is 33.4 Å². The van der Waals surface area contributed by atoms with Gasteiger partial charge in [0.2, 0.25) is 6.79 Å². The summed E-state index contributed by atoms with van der Waals surface area (Å²) in [6.07, 6.45) is 2.09. The first kappa shape index (κ1) is 17.8. The van der Waals surface area contributed by atoms with Gasteiger partial charge in [0.15, 0.2) is 23.4 Å². The quantitative estimate of drug-likeness (QED) is 0.611. The van der Waals surface area contributed by atoms with E-state index >= 15 is 0 Å². The summed E-state index contributed by atoms with van der Waals surface area (Å²) in [5.74, 6) is 0.148. The second-order valence-electron chi connectivity index (χ2n) is 5.56. The number of ether oxygens (including phenoxy) is 3. The predicted octanol–water partition coefficient (Wildman–Crippen LogP) is 3.82. The summed E-state index contributed by atoms with van der Waals surface area (Å²) in [7, 11) is 0. The molecular formula is C19H15ClO6. The average Bonchev–Trinajstić information content (AvgIpc) is 3.09. The SMILES string of the molecule is CC(Oc1ccc(C(=O)/C=C/c2cc(Cl)c3c(c2)OCO3)cc1)C(=O)O. The number of fused-ring (bicyclic) bond motifs is 1. The summed E-state index contributed by atoms with van der Waals surface area (Å²) in [4.78, 5) is 23.0. The molecule has 3 rings (SSSR count). The van der Waals surface area contributed by atoms with Gasteiger partial charge in [-0.25, -0.2) is 4.79 Å². The number of carbonyl (C=O) groups excluding carboxylic acids is 1. The highest BCUT2D eigenvalue weighted by Gasteiger charge is 2.17. The van der Waals surface area contributed by atoms with Crippen molar-refractivity contribution < 1.29 is 28.9 Å². The van der Waals surface area contributed by atoms with E-state index in [1.54, 1.807) is 42.5 Å². The largest absolute Gasteiger partial charge is 0.479 e. The van der Waals surface area contributed by atoms with Gasteiger partial charge < -0.3 is 19.3 Å². The molecule has 0 aromatic heterocycles. The maximum Gasteiger partial charge on any atom is 0.344 e. The van der Waals surface area contributed by atoms with Crippen LogP contribution >= 0.6 is 11.6 Å². The monoisotopic (exact) mass is 374 g/mol. The van der Waals surface area contributed by atoms with Gasteiger partial charge in [0.05, 0.1) is 5.02 Å². The van der Waals surface area contributed by atoms with E-state index in [9.17, 15) is 9.59 Å². The van der Waals surface area contributed by atoms with Gasteiger partial charge in [-0.3, -0.25) is 4.79 Å². The van der Waals surface area contributed by atoms with Gasteiger partial charge in [0, 0.05) is 5.56 Å². The van der Waals surface area contributed by atoms with Gasteiger partial charge in [-0.05, 0) is 55.0 Å². The third-order valence-electron chi connectivity index (χ3n) is 3.68. The minimum Gasteiger partial charge on any atom is -0.479 e. The van der Waals surface area contributed by atoms with Crippen molar-refractivity contribution in [2.45, 2.75) is 13.0 Å². The molecule has 7 heteroatoms. The zero-order valence-corrected chi connectivity index (χ0v) is 14.5. The predicted molar refractivity (Wildman–Crippen MR) is 95.1 cm³/mol. The molecule has 1 atom stereocenters. The minimum atomic E-state index is -1.06. The lowest BCUT2D eigenvalue weighted by molar-refractivity contribution is -0.144. The second kappa shape index (κ2) is 7.49. The zero-order valence-electron chi connectivity index (χ0n) is 13.8. The minimum absolute atomic E-state index is 0.121. The fraction of sp³-hybridized carbons (Fsp3) is 0.158. The van der Waals surface area contributed by atoms with E-state index in [4.69, 9.17) is 30.9 Å². The number of rotatable bonds is 6. The van der Waals surface area contributed by atoms with Crippen molar-refractivity contribution in [3.05, 3.63) is 58.6 Å². The van der Waals surface area contributed by atoms with Crippen molar-refractivity contribution in [3.63, 3.8) is 0 Å². The van der Waals surface area contributed by atoms with Crippen LogP contribution in [0.25, 0.3) is 6.08 Å². The smallest absolute Gasteiger partial charge is 0.344 e. The van der Waals surface area contributed by atoms with Crippen LogP contribution in [0.1, 0.15) is 22.8 Å². The molecule has 0 amide bonds. The van der Waals surface area contributed by atoms with Crippen molar-refractivity contribution in [1.29, 1.82) is 0 Å². The molecule has 2 aromatic carbocycles. The first-order valence-electron chi connectivity index (χ1n) is 7.75. The van der Waals surface area contributed by atoms with Gasteiger partial charge in [-0.2, -0.15) is 0 Å². The molecule has 1 heterocycles. The number of hydrogen-bond donors (Lipinski definition) is 1. The molecule has 0 fully saturated rings. The molecule has 0 saturated carbocycles. The van der Waals surface area contributed by atoms with E-state index in [1.807, 2.05) is 0 Å². The van der Waals surface area contributed by atoms with Crippen LogP contribution < -0.4 is 14.2 Å². The molecule has 0 aliphatic carbocycles. The van der Waals surface area contributed by atoms with E-state index in [-0.39, 0.29) is 12.6 Å². The molecule has 26 heavy (non-hydrogen) atoms. The molecule has 6 nitrogen and oxygen atoms in total. The fourth-order valence-corrected chi connectivity index (χ4v) is 2.58. The maximum atomic E-state index is 12.3. The second-order valence-corrected chi connectivity index (χ2v) is 5.96. The van der Waals surface area contributed by atoms with Gasteiger partial charge in [0.25, 0.3) is 0 Å². The first-order chi connectivity index (χ1) is 12.4. The number of carboxylic acid groups (broad SMARTS) is 1. The van der Waals surface area contributed by atoms with Crippen molar-refractivity contribution in [2.75, 3.05) is 6.79 Å². The highest BCUT2D eigenvalue weighted by atomic mass is 35.5. The number of carbonyl (C=O) groups is 2. The molecule has 0 radical (unpaired) electrons. The summed E-state index contributed by atoms with van der Waals surface area (Å²) in [6.45, 7) is 1.55. The Labute approximate surface area is 154 Å². The van der Waals surface area contributed by atoms with Gasteiger partial charge in [-0.1, -0.05) is 17.7 Å². The maximum absolute atomic E-state index is 12.3. The van der Waals surface area contributed by atoms with Gasteiger partial charge in [0.1, 0.15) is 5.75 Å². The number of allylic oxidation sites excluding steroid dienone is 1. The van der Waals surface area contributed by atoms with Gasteiger partial charge >= 0.3 is 5.97 Å². The lowest BCUT2D eigenvalue weighted by Gasteiger charge is -2.10. The fourth-order valence-electron chi connectivity index (χ4n) is 2.30. The summed E-state index contributed by atoms with van der Waals surface area (Å²) in [5.41, 5.74) is 1.16. The third-order valence-corrected chi connectivity index (χ3v) is 3.96. The van der Waals surface area contributed by atoms with Crippen molar-refractivity contribution in [2.24, 2.45) is 0 Å². The Morgan fingerprint density at radius 1 is 1.23 bits per heavy atom. The highest BCUT2D eigenvalue weighted by molar-refractivity contribution is 6.32. The van der Waals surface area contributed by atoms with E-state index in [1.165, 1.54) is 13.0 Å². The number of halogens is 1. The van der Waals surface area contributed by atoms with E-state index < -0.39 is 12.1 Å². The van der Waals surface area contributed by atoms with Gasteiger partial charge in [-0.15, -0.1) is 0 Å². The van der Waals surface area contributed by atoms with E-state index in [0.717, 1.165) is 0 Å². The Morgan fingerprint density at radius 2 is 1.96 bits per heavy atom. The normalized spacial score (nSPS) is 13.6. The molecule has 2 aromatic rings. The highest BCUT2D eigenvalue weighted by Crippen LogP contribution is 2.40. The standard InChI is InChI=1S/C19H15ClO6/c1-11(19(22)23)26-14-5-3-13(4-6-14)16(21)7-2-12-8-15(20)18-17(9-12)24-10-25-18/h2-9,11H,10H2,1H3,(H,22,23)/b7-2+. The number of ketones is 1. The molecular weight excluding hydrogens is 360 g/mol. The first-order valence-corrected chi connectivity index (χ1v) is 8.13. The lowest BCUT2D eigenvalue weighted by atomic mass is 10.1. The van der Waals surface area contributed by atoms with Crippen LogP contribution in [0.3, 0.4) is 0 Å². The van der Waals surface area contributed by atoms with Crippen LogP contribution in [0.15, 0.2) is 42.5 Å². The summed E-state index contributed by atoms with van der Waals surface area (Å²) in [6, 6.07) is 9.67. The van der Waals surface area contributed by atoms with Crippen LogP contribution in [0.5, 0.6) is 17.2 Å². The molecule has 134 valence electrons. The van der Waals surface area contributed by atoms with Crippen LogP contribution in [0.2, 0.25) is 5.02 Å². The van der Waals surface area contributed by atoms with Crippen molar-refractivity contribution in [1.82, 2.24) is 0 Å². The number of hydrogen-bond acceptors (Lipinski definition) is 5. The number of aliphatic carboxylic acids is 1. The van der Waals surface area contributed by atoms with Crippen molar-refractivity contribution >= 4 is 29.4 Å². The lowest BCUT2D eigenvalue weighted by Crippen LogP contribution is -2.22. The summed E-state index contributed by atoms with van der Waals surface area (Å²) in [5, 5.41) is 9.25. The molecule has 1 unspecified atom stereocenters. The molecule has 1 N–H and O–H groups in total. The molecule has 1 aliphatic heterocycles. The Balaban J connectivity index is 1.69. The van der Waals surface area contributed by atoms with E-state index in [2.05, 4.69) is 0 Å². The molecule has 0 saturated heterocycles. The Morgan fingerprint density at radius 3 is 2.65 bits per heavy atom. The Hall–Kier alpha value is -2.99.